The minimum absolute atomic E-state index is 0.00479. The molecule has 3 atom stereocenters. The SMILES string of the molecule is COc1cc(Nc2cc(CO)[nH]n2)nc(N(C)[C@H]2C[C@H]3CCC[C@@H](C2)N3S(=O)(=O)CCC#N)n1. The van der Waals surface area contributed by atoms with E-state index in [1.165, 1.54) is 7.11 Å². The first kappa shape index (κ1) is 24.2. The van der Waals surface area contributed by atoms with Crippen LogP contribution in [-0.2, 0) is 16.6 Å². The molecule has 4 heterocycles. The third-order valence-electron chi connectivity index (χ3n) is 6.50. The van der Waals surface area contributed by atoms with Gasteiger partial charge in [0, 0.05) is 37.3 Å². The van der Waals surface area contributed by atoms with Crippen molar-refractivity contribution in [3.05, 3.63) is 17.8 Å². The van der Waals surface area contributed by atoms with E-state index in [9.17, 15) is 13.5 Å². The standard InChI is InChI=1S/C21H30N8O4S/c1-28(17-10-15-5-3-6-16(11-17)29(15)34(31,32)8-4-7-22)21-24-18(12-20(25-21)33-2)23-19-9-14(13-30)26-27-19/h9,12,15-17,30H,3-6,8,10-11,13H2,1-2H3,(H2,23,24,25,26,27)/t15-,16+,17+. The van der Waals surface area contributed by atoms with Crippen LogP contribution in [0.5, 0.6) is 5.88 Å². The Morgan fingerprint density at radius 2 is 2.03 bits per heavy atom. The predicted molar refractivity (Wildman–Crippen MR) is 125 cm³/mol. The summed E-state index contributed by atoms with van der Waals surface area (Å²) in [4.78, 5) is 11.1. The average Bonchev–Trinajstić information content (AvgIpc) is 3.28. The molecular weight excluding hydrogens is 460 g/mol. The van der Waals surface area contributed by atoms with E-state index in [-0.39, 0.29) is 36.9 Å². The zero-order chi connectivity index (χ0) is 24.3. The van der Waals surface area contributed by atoms with Crippen LogP contribution in [0.3, 0.4) is 0 Å². The number of methoxy groups -OCH3 is 1. The van der Waals surface area contributed by atoms with Crippen LogP contribution in [0.1, 0.15) is 44.2 Å². The molecule has 2 aliphatic heterocycles. The molecule has 0 unspecified atom stereocenters. The molecule has 12 nitrogen and oxygen atoms in total. The number of H-pyrrole nitrogens is 1. The number of hydrogen-bond donors (Lipinski definition) is 3. The summed E-state index contributed by atoms with van der Waals surface area (Å²) in [5.41, 5.74) is 0.573. The third-order valence-corrected chi connectivity index (χ3v) is 8.46. The van der Waals surface area contributed by atoms with Gasteiger partial charge < -0.3 is 20.1 Å². The zero-order valence-electron chi connectivity index (χ0n) is 19.3. The number of ether oxygens (including phenoxy) is 1. The van der Waals surface area contributed by atoms with Crippen LogP contribution in [0.15, 0.2) is 12.1 Å². The van der Waals surface area contributed by atoms with E-state index in [2.05, 4.69) is 25.5 Å². The predicted octanol–water partition coefficient (Wildman–Crippen LogP) is 1.51. The first-order valence-corrected chi connectivity index (χ1v) is 12.9. The van der Waals surface area contributed by atoms with Gasteiger partial charge in [-0.25, -0.2) is 8.42 Å². The Labute approximate surface area is 199 Å². The normalized spacial score (nSPS) is 22.7. The van der Waals surface area contributed by atoms with Crippen LogP contribution in [-0.4, -0.2) is 76.0 Å². The van der Waals surface area contributed by atoms with Gasteiger partial charge in [-0.05, 0) is 25.7 Å². The van der Waals surface area contributed by atoms with Crippen molar-refractivity contribution >= 4 is 27.6 Å². The number of nitrogens with one attached hydrogen (secondary N) is 2. The van der Waals surface area contributed by atoms with Crippen LogP contribution < -0.4 is 15.0 Å². The first-order valence-electron chi connectivity index (χ1n) is 11.3. The van der Waals surface area contributed by atoms with Gasteiger partial charge in [-0.2, -0.15) is 24.6 Å². The number of fused-ring (bicyclic) bond motifs is 2. The number of piperidine rings is 2. The molecule has 0 aliphatic carbocycles. The van der Waals surface area contributed by atoms with E-state index in [0.29, 0.717) is 42.0 Å². The second-order valence-electron chi connectivity index (χ2n) is 8.69. The largest absolute Gasteiger partial charge is 0.481 e. The molecule has 0 aromatic carbocycles. The van der Waals surface area contributed by atoms with Gasteiger partial charge in [0.1, 0.15) is 5.82 Å². The fraction of sp³-hybridized carbons (Fsp3) is 0.619. The van der Waals surface area contributed by atoms with Gasteiger partial charge >= 0.3 is 0 Å². The molecule has 184 valence electrons. The first-order chi connectivity index (χ1) is 16.3. The molecule has 2 aromatic heterocycles. The zero-order valence-corrected chi connectivity index (χ0v) is 20.1. The summed E-state index contributed by atoms with van der Waals surface area (Å²) in [5.74, 6) is 1.71. The molecule has 0 radical (unpaired) electrons. The second-order valence-corrected chi connectivity index (χ2v) is 10.7. The monoisotopic (exact) mass is 490 g/mol. The molecule has 2 bridgehead atoms. The number of aromatic amines is 1. The Morgan fingerprint density at radius 1 is 1.29 bits per heavy atom. The third kappa shape index (κ3) is 5.08. The molecule has 2 aliphatic rings. The number of hydrogen-bond acceptors (Lipinski definition) is 10. The van der Waals surface area contributed by atoms with Crippen LogP contribution in [0.2, 0.25) is 0 Å². The second kappa shape index (κ2) is 10.1. The number of nitrogens with zero attached hydrogens (tertiary/aromatic N) is 6. The number of aliphatic hydroxyl groups excluding tert-OH is 1. The Hall–Kier alpha value is -2.95. The molecule has 2 saturated heterocycles. The van der Waals surface area contributed by atoms with E-state index in [1.807, 2.05) is 18.0 Å². The Kier molecular flexibility index (Phi) is 7.20. The van der Waals surface area contributed by atoms with Gasteiger partial charge in [-0.3, -0.25) is 5.10 Å². The summed E-state index contributed by atoms with van der Waals surface area (Å²) in [6, 6.07) is 5.17. The molecule has 3 N–H and O–H groups in total. The van der Waals surface area contributed by atoms with Crippen LogP contribution in [0.25, 0.3) is 0 Å². The summed E-state index contributed by atoms with van der Waals surface area (Å²) >= 11 is 0. The minimum atomic E-state index is -3.47. The molecule has 0 saturated carbocycles. The highest BCUT2D eigenvalue weighted by atomic mass is 32.2. The van der Waals surface area contributed by atoms with E-state index in [0.717, 1.165) is 19.3 Å². The average molecular weight is 491 g/mol. The van der Waals surface area contributed by atoms with Crippen LogP contribution in [0, 0.1) is 11.3 Å². The van der Waals surface area contributed by atoms with Crippen molar-refractivity contribution in [2.24, 2.45) is 0 Å². The van der Waals surface area contributed by atoms with Crippen molar-refractivity contribution in [1.82, 2.24) is 24.5 Å². The Bertz CT molecular complexity index is 1130. The van der Waals surface area contributed by atoms with Gasteiger partial charge in [0.05, 0.1) is 37.7 Å². The van der Waals surface area contributed by atoms with Gasteiger partial charge in [-0.1, -0.05) is 6.42 Å². The summed E-state index contributed by atoms with van der Waals surface area (Å²) in [6.45, 7) is -0.150. The molecule has 2 aromatic rings. The molecule has 13 heteroatoms. The molecule has 0 spiro atoms. The van der Waals surface area contributed by atoms with Crippen molar-refractivity contribution in [3.63, 3.8) is 0 Å². The fourth-order valence-electron chi connectivity index (χ4n) is 4.90. The van der Waals surface area contributed by atoms with Crippen molar-refractivity contribution < 1.29 is 18.3 Å². The summed E-state index contributed by atoms with van der Waals surface area (Å²) in [6.07, 6.45) is 3.96. The fourth-order valence-corrected chi connectivity index (χ4v) is 6.75. The van der Waals surface area contributed by atoms with Crippen molar-refractivity contribution in [3.8, 4) is 11.9 Å². The van der Waals surface area contributed by atoms with Gasteiger partial charge in [0.15, 0.2) is 5.82 Å². The number of nitriles is 1. The lowest BCUT2D eigenvalue weighted by molar-refractivity contribution is 0.109. The number of anilines is 3. The smallest absolute Gasteiger partial charge is 0.230 e. The quantitative estimate of drug-likeness (QED) is 0.470. The number of rotatable bonds is 9. The lowest BCUT2D eigenvalue weighted by Crippen LogP contribution is -2.59. The molecule has 4 rings (SSSR count). The Morgan fingerprint density at radius 3 is 2.65 bits per heavy atom. The maximum absolute atomic E-state index is 12.9. The summed E-state index contributed by atoms with van der Waals surface area (Å²) < 4.78 is 32.9. The summed E-state index contributed by atoms with van der Waals surface area (Å²) in [7, 11) is -0.0224. The Balaban J connectivity index is 1.54. The maximum atomic E-state index is 12.9. The van der Waals surface area contributed by atoms with E-state index in [4.69, 9.17) is 10.00 Å². The maximum Gasteiger partial charge on any atom is 0.230 e. The minimum Gasteiger partial charge on any atom is -0.481 e. The number of sulfonamides is 1. The lowest BCUT2D eigenvalue weighted by Gasteiger charge is -2.49. The van der Waals surface area contributed by atoms with Crippen LogP contribution >= 0.6 is 0 Å². The van der Waals surface area contributed by atoms with Crippen molar-refractivity contribution in [1.29, 1.82) is 5.26 Å². The molecular formula is C21H30N8O4S. The van der Waals surface area contributed by atoms with E-state index < -0.39 is 10.0 Å². The van der Waals surface area contributed by atoms with Gasteiger partial charge in [-0.15, -0.1) is 0 Å². The number of aromatic nitrogens is 4. The van der Waals surface area contributed by atoms with Gasteiger partial charge in [0.25, 0.3) is 0 Å². The lowest BCUT2D eigenvalue weighted by atomic mass is 9.83. The molecule has 0 amide bonds. The summed E-state index contributed by atoms with van der Waals surface area (Å²) in [5, 5.41) is 28.0. The molecule has 2 fully saturated rings. The van der Waals surface area contributed by atoms with Crippen LogP contribution in [0.4, 0.5) is 17.6 Å². The highest BCUT2D eigenvalue weighted by molar-refractivity contribution is 7.89. The van der Waals surface area contributed by atoms with Crippen molar-refractivity contribution in [2.45, 2.75) is 63.3 Å². The number of aliphatic hydroxyl groups is 1. The topological polar surface area (TPSA) is 160 Å². The highest BCUT2D eigenvalue weighted by Crippen LogP contribution is 2.38. The highest BCUT2D eigenvalue weighted by Gasteiger charge is 2.45. The molecule has 34 heavy (non-hydrogen) atoms. The van der Waals surface area contributed by atoms with E-state index >= 15 is 0 Å². The van der Waals surface area contributed by atoms with Gasteiger partial charge in [0.2, 0.25) is 21.9 Å². The van der Waals surface area contributed by atoms with E-state index in [1.54, 1.807) is 16.4 Å². The van der Waals surface area contributed by atoms with Crippen molar-refractivity contribution in [2.75, 3.05) is 30.1 Å².